The van der Waals surface area contributed by atoms with E-state index in [4.69, 9.17) is 9.84 Å². The van der Waals surface area contributed by atoms with Crippen molar-refractivity contribution in [2.75, 3.05) is 13.7 Å². The molecule has 0 heterocycles. The van der Waals surface area contributed by atoms with Crippen molar-refractivity contribution >= 4 is 12.0 Å². The van der Waals surface area contributed by atoms with Crippen molar-refractivity contribution in [2.45, 2.75) is 19.1 Å². The SMILES string of the molecule is COC(CNC(=O)NCc1cccc(F)c1)CC(=O)O. The summed E-state index contributed by atoms with van der Waals surface area (Å²) in [4.78, 5) is 22.0. The van der Waals surface area contributed by atoms with Crippen LogP contribution in [0.25, 0.3) is 0 Å². The van der Waals surface area contributed by atoms with Gasteiger partial charge in [0.05, 0.1) is 12.5 Å². The fourth-order valence-electron chi connectivity index (χ4n) is 1.53. The van der Waals surface area contributed by atoms with Crippen molar-refractivity contribution in [3.63, 3.8) is 0 Å². The van der Waals surface area contributed by atoms with Gasteiger partial charge in [-0.2, -0.15) is 0 Å². The van der Waals surface area contributed by atoms with Gasteiger partial charge in [-0.05, 0) is 17.7 Å². The van der Waals surface area contributed by atoms with Crippen molar-refractivity contribution in [3.8, 4) is 0 Å². The molecule has 0 radical (unpaired) electrons. The van der Waals surface area contributed by atoms with Crippen LogP contribution in [0.1, 0.15) is 12.0 Å². The molecule has 7 heteroatoms. The Morgan fingerprint density at radius 2 is 2.15 bits per heavy atom. The summed E-state index contributed by atoms with van der Waals surface area (Å²) in [5, 5.41) is 13.6. The number of rotatable bonds is 7. The van der Waals surface area contributed by atoms with Crippen molar-refractivity contribution < 1.29 is 23.8 Å². The summed E-state index contributed by atoms with van der Waals surface area (Å²) in [6, 6.07) is 5.41. The highest BCUT2D eigenvalue weighted by Crippen LogP contribution is 2.02. The first-order chi connectivity index (χ1) is 9.51. The second kappa shape index (κ2) is 8.11. The van der Waals surface area contributed by atoms with Crippen LogP contribution >= 0.6 is 0 Å². The third-order valence-electron chi connectivity index (χ3n) is 2.57. The van der Waals surface area contributed by atoms with Gasteiger partial charge < -0.3 is 20.5 Å². The molecule has 20 heavy (non-hydrogen) atoms. The first-order valence-electron chi connectivity index (χ1n) is 6.02. The molecule has 0 aromatic heterocycles. The Morgan fingerprint density at radius 1 is 1.40 bits per heavy atom. The number of carbonyl (C=O) groups is 2. The molecule has 0 saturated carbocycles. The Morgan fingerprint density at radius 3 is 2.75 bits per heavy atom. The van der Waals surface area contributed by atoms with Crippen LogP contribution in [0.4, 0.5) is 9.18 Å². The Balaban J connectivity index is 2.31. The molecule has 0 aliphatic carbocycles. The molecule has 2 amide bonds. The molecule has 0 bridgehead atoms. The monoisotopic (exact) mass is 284 g/mol. The van der Waals surface area contributed by atoms with Crippen molar-refractivity contribution in [1.29, 1.82) is 0 Å². The maximum atomic E-state index is 12.9. The number of amides is 2. The summed E-state index contributed by atoms with van der Waals surface area (Å²) in [5.74, 6) is -1.37. The number of carboxylic acids is 1. The van der Waals surface area contributed by atoms with Crippen molar-refractivity contribution in [3.05, 3.63) is 35.6 Å². The molecule has 1 aromatic rings. The zero-order valence-electron chi connectivity index (χ0n) is 11.1. The summed E-state index contributed by atoms with van der Waals surface area (Å²) in [7, 11) is 1.37. The minimum absolute atomic E-state index is 0.0811. The molecule has 0 fully saturated rings. The lowest BCUT2D eigenvalue weighted by atomic mass is 10.2. The van der Waals surface area contributed by atoms with E-state index in [-0.39, 0.29) is 25.3 Å². The van der Waals surface area contributed by atoms with E-state index in [0.717, 1.165) is 0 Å². The largest absolute Gasteiger partial charge is 0.481 e. The molecule has 6 nitrogen and oxygen atoms in total. The molecule has 1 aromatic carbocycles. The van der Waals surface area contributed by atoms with Gasteiger partial charge in [0.15, 0.2) is 0 Å². The minimum Gasteiger partial charge on any atom is -0.481 e. The number of carboxylic acid groups (broad SMARTS) is 1. The fourth-order valence-corrected chi connectivity index (χ4v) is 1.53. The number of benzene rings is 1. The number of urea groups is 1. The predicted octanol–water partition coefficient (Wildman–Crippen LogP) is 1.11. The molecule has 0 spiro atoms. The molecule has 1 unspecified atom stereocenters. The molecule has 0 saturated heterocycles. The summed E-state index contributed by atoms with van der Waals surface area (Å²) in [5.41, 5.74) is 0.633. The van der Waals surface area contributed by atoms with Crippen LogP contribution in [0.15, 0.2) is 24.3 Å². The van der Waals surface area contributed by atoms with E-state index in [1.54, 1.807) is 12.1 Å². The predicted molar refractivity (Wildman–Crippen MR) is 69.7 cm³/mol. The molecule has 0 aliphatic heterocycles. The van der Waals surface area contributed by atoms with Crippen LogP contribution in [0, 0.1) is 5.82 Å². The summed E-state index contributed by atoms with van der Waals surface area (Å²) in [6.07, 6.45) is -0.784. The van der Waals surface area contributed by atoms with Crippen LogP contribution in [0.2, 0.25) is 0 Å². The van der Waals surface area contributed by atoms with Crippen molar-refractivity contribution in [2.24, 2.45) is 0 Å². The van der Waals surface area contributed by atoms with Crippen molar-refractivity contribution in [1.82, 2.24) is 10.6 Å². The number of hydrogen-bond acceptors (Lipinski definition) is 3. The summed E-state index contributed by atoms with van der Waals surface area (Å²) >= 11 is 0. The Hall–Kier alpha value is -2.15. The second-order valence-corrected chi connectivity index (χ2v) is 4.15. The molecular weight excluding hydrogens is 267 g/mol. The third kappa shape index (κ3) is 6.14. The number of methoxy groups -OCH3 is 1. The average molecular weight is 284 g/mol. The zero-order chi connectivity index (χ0) is 15.0. The number of carbonyl (C=O) groups excluding carboxylic acids is 1. The van der Waals surface area contributed by atoms with Gasteiger partial charge in [-0.15, -0.1) is 0 Å². The quantitative estimate of drug-likeness (QED) is 0.700. The number of ether oxygens (including phenoxy) is 1. The van der Waals surface area contributed by atoms with Crippen LogP contribution in [0.3, 0.4) is 0 Å². The number of hydrogen-bond donors (Lipinski definition) is 3. The molecule has 110 valence electrons. The van der Waals surface area contributed by atoms with Gasteiger partial charge in [0, 0.05) is 20.2 Å². The first kappa shape index (κ1) is 15.9. The Labute approximate surface area is 115 Å². The van der Waals surface area contributed by atoms with Crippen LogP contribution < -0.4 is 10.6 Å². The van der Waals surface area contributed by atoms with E-state index in [9.17, 15) is 14.0 Å². The van der Waals surface area contributed by atoms with E-state index in [0.29, 0.717) is 5.56 Å². The lowest BCUT2D eigenvalue weighted by Gasteiger charge is -2.14. The second-order valence-electron chi connectivity index (χ2n) is 4.15. The molecule has 1 atom stereocenters. The minimum atomic E-state index is -1.00. The van der Waals surface area contributed by atoms with Gasteiger partial charge in [-0.3, -0.25) is 4.79 Å². The fraction of sp³-hybridized carbons (Fsp3) is 0.385. The standard InChI is InChI=1S/C13H17FN2O4/c1-20-11(6-12(17)18)8-16-13(19)15-7-9-3-2-4-10(14)5-9/h2-5,11H,6-8H2,1H3,(H,17,18)(H2,15,16,19). The van der Waals surface area contributed by atoms with Gasteiger partial charge >= 0.3 is 12.0 Å². The van der Waals surface area contributed by atoms with E-state index in [1.165, 1.54) is 19.2 Å². The number of halogens is 1. The highest BCUT2D eigenvalue weighted by molar-refractivity contribution is 5.74. The van der Waals surface area contributed by atoms with E-state index >= 15 is 0 Å². The summed E-state index contributed by atoms with van der Waals surface area (Å²) < 4.78 is 17.8. The zero-order valence-corrected chi connectivity index (χ0v) is 11.1. The van der Waals surface area contributed by atoms with Crippen LogP contribution in [0.5, 0.6) is 0 Å². The molecule has 3 N–H and O–H groups in total. The van der Waals surface area contributed by atoms with Gasteiger partial charge in [0.25, 0.3) is 0 Å². The molecule has 0 aliphatic rings. The summed E-state index contributed by atoms with van der Waals surface area (Å²) in [6.45, 7) is 0.262. The first-order valence-corrected chi connectivity index (χ1v) is 6.02. The number of nitrogens with one attached hydrogen (secondary N) is 2. The van der Waals surface area contributed by atoms with E-state index < -0.39 is 18.1 Å². The maximum Gasteiger partial charge on any atom is 0.315 e. The normalized spacial score (nSPS) is 11.7. The van der Waals surface area contributed by atoms with Gasteiger partial charge in [0.2, 0.25) is 0 Å². The highest BCUT2D eigenvalue weighted by Gasteiger charge is 2.13. The third-order valence-corrected chi connectivity index (χ3v) is 2.57. The van der Waals surface area contributed by atoms with Gasteiger partial charge in [-0.25, -0.2) is 9.18 Å². The molecular formula is C13H17FN2O4. The Kier molecular flexibility index (Phi) is 6.45. The topological polar surface area (TPSA) is 87.7 Å². The van der Waals surface area contributed by atoms with E-state index in [2.05, 4.69) is 10.6 Å². The van der Waals surface area contributed by atoms with Gasteiger partial charge in [0.1, 0.15) is 5.82 Å². The maximum absolute atomic E-state index is 12.9. The smallest absolute Gasteiger partial charge is 0.315 e. The highest BCUT2D eigenvalue weighted by atomic mass is 19.1. The molecule has 1 rings (SSSR count). The number of aliphatic carboxylic acids is 1. The lowest BCUT2D eigenvalue weighted by Crippen LogP contribution is -2.40. The van der Waals surface area contributed by atoms with Crippen LogP contribution in [-0.4, -0.2) is 36.9 Å². The lowest BCUT2D eigenvalue weighted by molar-refractivity contribution is -0.139. The van der Waals surface area contributed by atoms with Crippen LogP contribution in [-0.2, 0) is 16.1 Å². The Bertz CT molecular complexity index is 467. The van der Waals surface area contributed by atoms with E-state index in [1.807, 2.05) is 0 Å². The average Bonchev–Trinajstić information content (AvgIpc) is 2.40. The van der Waals surface area contributed by atoms with Gasteiger partial charge in [-0.1, -0.05) is 12.1 Å².